The van der Waals surface area contributed by atoms with Gasteiger partial charge in [0, 0.05) is 35.6 Å². The molecular formula is C30H32N5O4-. The van der Waals surface area contributed by atoms with Gasteiger partial charge in [0.2, 0.25) is 5.91 Å². The zero-order valence-corrected chi connectivity index (χ0v) is 21.6. The molecule has 0 aromatic heterocycles. The van der Waals surface area contributed by atoms with Crippen molar-refractivity contribution < 1.29 is 19.5 Å². The van der Waals surface area contributed by atoms with Crippen molar-refractivity contribution >= 4 is 34.9 Å². The van der Waals surface area contributed by atoms with Crippen LogP contribution in [-0.4, -0.2) is 52.8 Å². The number of carbonyl (C=O) groups excluding carboxylic acids is 3. The Morgan fingerprint density at radius 1 is 1.03 bits per heavy atom. The number of rotatable bonds is 9. The predicted molar refractivity (Wildman–Crippen MR) is 150 cm³/mol. The lowest BCUT2D eigenvalue weighted by Gasteiger charge is -2.29. The van der Waals surface area contributed by atoms with Gasteiger partial charge in [-0.3, -0.25) is 19.8 Å². The number of nitrogen functional groups attached to an aromatic ring is 1. The number of nitrogens with two attached hydrogens (primary N) is 1. The summed E-state index contributed by atoms with van der Waals surface area (Å²) in [6, 6.07) is 21.2. The van der Waals surface area contributed by atoms with Crippen molar-refractivity contribution in [2.75, 3.05) is 23.3 Å². The SMILES string of the molecule is [CH2-]CCN(C(=O)CC(O)C(=O)Nc1ccc(C(=N)N)cc1)c1cccc(C(=O)N2CCc3ccccc3C2)c1. The Bertz CT molecular complexity index is 1370. The average Bonchev–Trinajstić information content (AvgIpc) is 2.95. The number of fused-ring (bicyclic) bond motifs is 1. The molecule has 1 heterocycles. The number of benzene rings is 3. The summed E-state index contributed by atoms with van der Waals surface area (Å²) in [6.45, 7) is 5.24. The predicted octanol–water partition coefficient (Wildman–Crippen LogP) is 3.12. The van der Waals surface area contributed by atoms with E-state index in [1.54, 1.807) is 53.4 Å². The Labute approximate surface area is 227 Å². The average molecular weight is 527 g/mol. The number of anilines is 2. The number of hydrogen-bond acceptors (Lipinski definition) is 5. The quantitative estimate of drug-likeness (QED) is 0.193. The number of amides is 3. The topological polar surface area (TPSA) is 140 Å². The van der Waals surface area contributed by atoms with Gasteiger partial charge in [0.25, 0.3) is 11.8 Å². The second-order valence-electron chi connectivity index (χ2n) is 9.39. The maximum atomic E-state index is 13.3. The normalized spacial score (nSPS) is 13.2. The molecule has 3 aromatic rings. The Kier molecular flexibility index (Phi) is 8.73. The van der Waals surface area contributed by atoms with Crippen molar-refractivity contribution in [3.8, 4) is 0 Å². The summed E-state index contributed by atoms with van der Waals surface area (Å²) < 4.78 is 0. The highest BCUT2D eigenvalue weighted by atomic mass is 16.3. The standard InChI is InChI=1S/C30H32N5O4/c1-2-15-35(27(37)18-26(36)29(38)33-24-12-10-21(11-13-24)28(31)32)25-9-5-8-22(17-25)30(39)34-16-14-20-6-3-4-7-23(20)19-34/h3-13,17,26,36H,1-2,14-16,18-19H2,(H3,31,32)(H,33,38)/q-1. The van der Waals surface area contributed by atoms with Crippen molar-refractivity contribution in [3.63, 3.8) is 0 Å². The molecule has 9 heteroatoms. The van der Waals surface area contributed by atoms with Gasteiger partial charge in [-0.05, 0) is 66.6 Å². The van der Waals surface area contributed by atoms with Gasteiger partial charge in [-0.15, -0.1) is 0 Å². The first-order valence-electron chi connectivity index (χ1n) is 12.8. The Balaban J connectivity index is 1.42. The molecular weight excluding hydrogens is 494 g/mol. The lowest BCUT2D eigenvalue weighted by atomic mass is 9.99. The lowest BCUT2D eigenvalue weighted by Crippen LogP contribution is -2.38. The van der Waals surface area contributed by atoms with Crippen LogP contribution in [0.5, 0.6) is 0 Å². The summed E-state index contributed by atoms with van der Waals surface area (Å²) in [6.07, 6.45) is -0.847. The van der Waals surface area contributed by atoms with E-state index in [4.69, 9.17) is 11.1 Å². The fourth-order valence-electron chi connectivity index (χ4n) is 4.54. The number of aliphatic hydroxyl groups excluding tert-OH is 1. The van der Waals surface area contributed by atoms with Gasteiger partial charge in [-0.1, -0.05) is 30.3 Å². The summed E-state index contributed by atoms with van der Waals surface area (Å²) >= 11 is 0. The summed E-state index contributed by atoms with van der Waals surface area (Å²) in [7, 11) is 0. The highest BCUT2D eigenvalue weighted by Gasteiger charge is 2.25. The van der Waals surface area contributed by atoms with Crippen LogP contribution in [0.3, 0.4) is 0 Å². The van der Waals surface area contributed by atoms with Crippen molar-refractivity contribution in [3.05, 3.63) is 102 Å². The van der Waals surface area contributed by atoms with E-state index in [1.165, 1.54) is 10.5 Å². The molecule has 0 aliphatic carbocycles. The highest BCUT2D eigenvalue weighted by Crippen LogP contribution is 2.23. The van der Waals surface area contributed by atoms with Crippen LogP contribution in [0.15, 0.2) is 72.8 Å². The molecule has 0 radical (unpaired) electrons. The number of nitrogens with zero attached hydrogens (tertiary/aromatic N) is 2. The number of carbonyl (C=O) groups is 3. The summed E-state index contributed by atoms with van der Waals surface area (Å²) in [4.78, 5) is 42.2. The van der Waals surface area contributed by atoms with Crippen molar-refractivity contribution in [2.45, 2.75) is 31.9 Å². The van der Waals surface area contributed by atoms with Crippen LogP contribution >= 0.6 is 0 Å². The molecule has 9 nitrogen and oxygen atoms in total. The van der Waals surface area contributed by atoms with Gasteiger partial charge in [0.1, 0.15) is 11.9 Å². The molecule has 0 fully saturated rings. The first-order chi connectivity index (χ1) is 18.8. The van der Waals surface area contributed by atoms with Crippen LogP contribution in [0.1, 0.15) is 39.9 Å². The van der Waals surface area contributed by atoms with Gasteiger partial charge in [0.15, 0.2) is 0 Å². The van der Waals surface area contributed by atoms with Gasteiger partial charge < -0.3 is 32.9 Å². The molecule has 1 aliphatic rings. The molecule has 3 amide bonds. The van der Waals surface area contributed by atoms with Crippen molar-refractivity contribution in [2.24, 2.45) is 5.73 Å². The van der Waals surface area contributed by atoms with E-state index in [-0.39, 0.29) is 18.3 Å². The first kappa shape index (κ1) is 27.5. The van der Waals surface area contributed by atoms with Crippen LogP contribution in [0.2, 0.25) is 0 Å². The molecule has 1 aliphatic heterocycles. The second-order valence-corrected chi connectivity index (χ2v) is 9.39. The number of aliphatic hydroxyl groups is 1. The van der Waals surface area contributed by atoms with E-state index in [0.29, 0.717) is 42.0 Å². The maximum Gasteiger partial charge on any atom is 0.254 e. The highest BCUT2D eigenvalue weighted by molar-refractivity contribution is 6.02. The summed E-state index contributed by atoms with van der Waals surface area (Å²) in [5.74, 6) is -1.42. The maximum absolute atomic E-state index is 13.3. The zero-order chi connectivity index (χ0) is 27.9. The molecule has 3 aromatic carbocycles. The van der Waals surface area contributed by atoms with Crippen LogP contribution in [-0.2, 0) is 22.6 Å². The minimum atomic E-state index is -1.59. The van der Waals surface area contributed by atoms with Crippen LogP contribution in [0.25, 0.3) is 0 Å². The van der Waals surface area contributed by atoms with Crippen molar-refractivity contribution in [1.82, 2.24) is 4.90 Å². The lowest BCUT2D eigenvalue weighted by molar-refractivity contribution is -0.129. The second kappa shape index (κ2) is 12.4. The first-order valence-corrected chi connectivity index (χ1v) is 12.8. The zero-order valence-electron chi connectivity index (χ0n) is 21.6. The minimum Gasteiger partial charge on any atom is -0.384 e. The third-order valence-corrected chi connectivity index (χ3v) is 6.64. The van der Waals surface area contributed by atoms with E-state index < -0.39 is 24.3 Å². The Morgan fingerprint density at radius 3 is 2.44 bits per heavy atom. The minimum absolute atomic E-state index is 0.101. The van der Waals surface area contributed by atoms with E-state index in [0.717, 1.165) is 12.0 Å². The van der Waals surface area contributed by atoms with E-state index >= 15 is 0 Å². The summed E-state index contributed by atoms with van der Waals surface area (Å²) in [5.41, 5.74) is 9.67. The fourth-order valence-corrected chi connectivity index (χ4v) is 4.54. The Morgan fingerprint density at radius 2 is 1.74 bits per heavy atom. The van der Waals surface area contributed by atoms with Crippen molar-refractivity contribution in [1.29, 1.82) is 5.41 Å². The smallest absolute Gasteiger partial charge is 0.254 e. The molecule has 1 unspecified atom stereocenters. The van der Waals surface area contributed by atoms with Gasteiger partial charge in [-0.2, -0.15) is 6.42 Å². The monoisotopic (exact) mass is 526 g/mol. The molecule has 202 valence electrons. The number of amidine groups is 1. The molecule has 0 bridgehead atoms. The van der Waals surface area contributed by atoms with Gasteiger partial charge in [0.05, 0.1) is 6.42 Å². The molecule has 0 saturated heterocycles. The van der Waals surface area contributed by atoms with Crippen LogP contribution in [0.4, 0.5) is 11.4 Å². The Hall–Kier alpha value is -4.50. The number of nitrogens with one attached hydrogen (secondary N) is 2. The van der Waals surface area contributed by atoms with Gasteiger partial charge in [-0.25, -0.2) is 0 Å². The molecule has 0 spiro atoms. The van der Waals surface area contributed by atoms with E-state index in [2.05, 4.69) is 18.3 Å². The van der Waals surface area contributed by atoms with E-state index in [1.807, 2.05) is 18.2 Å². The summed E-state index contributed by atoms with van der Waals surface area (Å²) in [5, 5.41) is 20.5. The molecule has 4 rings (SSSR count). The van der Waals surface area contributed by atoms with E-state index in [9.17, 15) is 19.5 Å². The molecule has 5 N–H and O–H groups in total. The van der Waals surface area contributed by atoms with Crippen LogP contribution < -0.4 is 16.0 Å². The molecule has 1 atom stereocenters. The third-order valence-electron chi connectivity index (χ3n) is 6.64. The fraction of sp³-hybridized carbons (Fsp3) is 0.233. The van der Waals surface area contributed by atoms with Crippen LogP contribution in [0, 0.1) is 12.3 Å². The van der Waals surface area contributed by atoms with Gasteiger partial charge >= 0.3 is 0 Å². The largest absolute Gasteiger partial charge is 0.384 e. The third kappa shape index (κ3) is 6.69. The molecule has 0 saturated carbocycles. The molecule has 39 heavy (non-hydrogen) atoms. The number of hydrogen-bond donors (Lipinski definition) is 4.